The van der Waals surface area contributed by atoms with E-state index in [1.807, 2.05) is 30.6 Å². The van der Waals surface area contributed by atoms with E-state index in [2.05, 4.69) is 13.2 Å². The molecule has 0 bridgehead atoms. The van der Waals surface area contributed by atoms with Crippen molar-refractivity contribution in [3.63, 3.8) is 0 Å². The molecule has 0 radical (unpaired) electrons. The van der Waals surface area contributed by atoms with Crippen LogP contribution in [-0.2, 0) is 21.9 Å². The van der Waals surface area contributed by atoms with Crippen molar-refractivity contribution < 1.29 is 29.3 Å². The second-order valence-corrected chi connectivity index (χ2v) is 3.34. The van der Waals surface area contributed by atoms with Gasteiger partial charge in [0.25, 0.3) is 0 Å². The quantitative estimate of drug-likeness (QED) is 0.359. The molecular weight excluding hydrogens is 230 g/mol. The van der Waals surface area contributed by atoms with Crippen LogP contribution in [0.4, 0.5) is 0 Å². The van der Waals surface area contributed by atoms with Gasteiger partial charge >= 0.3 is 29.3 Å². The first-order chi connectivity index (χ1) is 5.56. The minimum absolute atomic E-state index is 1.11. The molecule has 6 heteroatoms. The second-order valence-electron chi connectivity index (χ2n) is 1.40. The molecule has 2 atom stereocenters. The van der Waals surface area contributed by atoms with Gasteiger partial charge in [-0.2, -0.15) is 0 Å². The monoisotopic (exact) mass is 246 g/mol. The Labute approximate surface area is 85.5 Å². The second kappa shape index (κ2) is 22.6. The first kappa shape index (κ1) is 18.5. The van der Waals surface area contributed by atoms with Crippen LogP contribution in [-0.4, -0.2) is 12.3 Å². The summed E-state index contributed by atoms with van der Waals surface area (Å²) < 4.78 is 25.8. The van der Waals surface area contributed by atoms with Crippen molar-refractivity contribution in [2.75, 3.05) is 12.3 Å². The maximum atomic E-state index is 8.58. The van der Waals surface area contributed by atoms with Gasteiger partial charge in [-0.05, 0) is 18.5 Å². The van der Waals surface area contributed by atoms with Gasteiger partial charge in [-0.3, -0.25) is 0 Å². The molecule has 0 aromatic rings. The Balaban J connectivity index is -0.000000101. The maximum absolute atomic E-state index is 8.58. The average Bonchev–Trinajstić information content (AvgIpc) is 2.03. The molecule has 3 nitrogen and oxygen atoms in total. The third-order valence-corrected chi connectivity index (χ3v) is 1.22. The molecule has 72 valence electrons. The van der Waals surface area contributed by atoms with Gasteiger partial charge in [-0.1, -0.05) is 25.3 Å². The molecule has 0 rings (SSSR count). The van der Waals surface area contributed by atoms with Gasteiger partial charge in [0.05, 0.1) is 12.3 Å². The zero-order valence-electron chi connectivity index (χ0n) is 7.12. The fourth-order valence-electron chi connectivity index (χ4n) is 0. The average molecular weight is 246 g/mol. The van der Waals surface area contributed by atoms with E-state index in [1.54, 1.807) is 0 Å². The Kier molecular flexibility index (Phi) is 34.9. The molecule has 0 saturated carbocycles. The number of hydrogen-bond donors (Lipinski definition) is 0. The molecule has 2 unspecified atom stereocenters. The molecule has 0 N–H and O–H groups in total. The molecule has 0 aliphatic carbocycles. The summed E-state index contributed by atoms with van der Waals surface area (Å²) in [7, 11) is 3.81. The summed E-state index contributed by atoms with van der Waals surface area (Å²) in [5.74, 6) is 0. The summed E-state index contributed by atoms with van der Waals surface area (Å²) in [5, 5.41) is 0. The fourth-order valence-corrected chi connectivity index (χ4v) is 0. The predicted molar refractivity (Wildman–Crippen MR) is 53.0 cm³/mol. The van der Waals surface area contributed by atoms with Crippen LogP contribution in [0.3, 0.4) is 0 Å². The molecular formula is C6H16O3P2Ti. The summed E-state index contributed by atoms with van der Waals surface area (Å²) in [5.41, 5.74) is 0. The standard InChI is InChI=1S/2C3H7P.3O.Ti/c2*1-2-3-4;;;;/h2*2H,1,3-4H2;;;;/q;;;2*-1;/p+2. The van der Waals surface area contributed by atoms with E-state index >= 15 is 0 Å². The van der Waals surface area contributed by atoms with Crippen LogP contribution in [0.1, 0.15) is 0 Å². The first-order valence-electron chi connectivity index (χ1n) is 3.25. The van der Waals surface area contributed by atoms with E-state index in [0.29, 0.717) is 0 Å². The van der Waals surface area contributed by atoms with E-state index in [-0.39, 0.29) is 0 Å². The number of rotatable bonds is 2. The van der Waals surface area contributed by atoms with Gasteiger partial charge in [-0.15, -0.1) is 0 Å². The van der Waals surface area contributed by atoms with E-state index in [0.717, 1.165) is 12.3 Å². The van der Waals surface area contributed by atoms with Crippen LogP contribution in [0.25, 0.3) is 0 Å². The molecule has 12 heavy (non-hydrogen) atoms. The Hall–Kier alpha value is 0.774. The fraction of sp³-hybridized carbons (Fsp3) is 0.333. The molecule has 0 aliphatic heterocycles. The van der Waals surface area contributed by atoms with Gasteiger partial charge in [0.15, 0.2) is 0 Å². The van der Waals surface area contributed by atoms with Crippen LogP contribution in [0.15, 0.2) is 25.3 Å². The summed E-state index contributed by atoms with van der Waals surface area (Å²) >= 11 is -4.08. The molecule has 0 aromatic carbocycles. The molecule has 0 spiro atoms. The SMILES string of the molecule is C=CC[PH3+].C=CC[PH3+].[O]=[Ti]([O-])[O-]. The van der Waals surface area contributed by atoms with Crippen LogP contribution in [0.5, 0.6) is 0 Å². The summed E-state index contributed by atoms with van der Waals surface area (Å²) in [6, 6.07) is 0. The summed E-state index contributed by atoms with van der Waals surface area (Å²) in [6.45, 7) is 6.97. The van der Waals surface area contributed by atoms with Crippen LogP contribution in [0.2, 0.25) is 0 Å². The van der Waals surface area contributed by atoms with Crippen LogP contribution in [0, 0.1) is 0 Å². The van der Waals surface area contributed by atoms with Crippen molar-refractivity contribution in [3.05, 3.63) is 25.3 Å². The zero-order chi connectivity index (χ0) is 10.4. The van der Waals surface area contributed by atoms with Crippen LogP contribution >= 0.6 is 18.5 Å². The topological polar surface area (TPSA) is 63.2 Å². The normalized spacial score (nSPS) is 6.83. The Morgan fingerprint density at radius 3 is 1.25 bits per heavy atom. The molecule has 0 aliphatic rings. The van der Waals surface area contributed by atoms with Gasteiger partial charge in [0, 0.05) is 0 Å². The van der Waals surface area contributed by atoms with Gasteiger partial charge < -0.3 is 0 Å². The van der Waals surface area contributed by atoms with Gasteiger partial charge in [-0.25, -0.2) is 0 Å². The van der Waals surface area contributed by atoms with E-state index in [1.165, 1.54) is 0 Å². The first-order valence-corrected chi connectivity index (χ1v) is 7.16. The van der Waals surface area contributed by atoms with E-state index in [4.69, 9.17) is 10.7 Å². The molecule has 0 amide bonds. The molecule has 0 aromatic heterocycles. The zero-order valence-corrected chi connectivity index (χ0v) is 11.5. The van der Waals surface area contributed by atoms with Crippen molar-refractivity contribution >= 4 is 18.5 Å². The third-order valence-electron chi connectivity index (χ3n) is 0.408. The Bertz CT molecular complexity index is 107. The number of hydrogen-bond acceptors (Lipinski definition) is 3. The molecule has 0 heterocycles. The van der Waals surface area contributed by atoms with Crippen LogP contribution < -0.4 is 7.38 Å². The Morgan fingerprint density at radius 1 is 1.17 bits per heavy atom. The third kappa shape index (κ3) is 134. The summed E-state index contributed by atoms with van der Waals surface area (Å²) in [4.78, 5) is 0. The van der Waals surface area contributed by atoms with Crippen molar-refractivity contribution in [2.45, 2.75) is 0 Å². The minimum atomic E-state index is -4.08. The van der Waals surface area contributed by atoms with Crippen molar-refractivity contribution in [1.82, 2.24) is 0 Å². The van der Waals surface area contributed by atoms with Crippen molar-refractivity contribution in [2.24, 2.45) is 0 Å². The molecule has 0 fully saturated rings. The van der Waals surface area contributed by atoms with E-state index < -0.39 is 18.6 Å². The van der Waals surface area contributed by atoms with Crippen molar-refractivity contribution in [3.8, 4) is 0 Å². The molecule has 0 saturated heterocycles. The van der Waals surface area contributed by atoms with E-state index in [9.17, 15) is 0 Å². The van der Waals surface area contributed by atoms with Gasteiger partial charge in [0.1, 0.15) is 0 Å². The number of allylic oxidation sites excluding steroid dienone is 2. The van der Waals surface area contributed by atoms with Gasteiger partial charge in [0.2, 0.25) is 0 Å². The summed E-state index contributed by atoms with van der Waals surface area (Å²) in [6.07, 6.45) is 6.00. The van der Waals surface area contributed by atoms with Crippen molar-refractivity contribution in [1.29, 1.82) is 0 Å². The Morgan fingerprint density at radius 2 is 1.25 bits per heavy atom. The predicted octanol–water partition coefficient (Wildman–Crippen LogP) is -0.940.